The lowest BCUT2D eigenvalue weighted by molar-refractivity contribution is 0.0600. The van der Waals surface area contributed by atoms with Crippen LogP contribution in [0.3, 0.4) is 0 Å². The SMILES string of the molecule is COC(=O)c1ccc2c(c1)[C@@H](C)[C@@H](CN)O2.Cl. The topological polar surface area (TPSA) is 61.5 Å². The number of methoxy groups -OCH3 is 1. The molecule has 2 N–H and O–H groups in total. The van der Waals surface area contributed by atoms with Crippen LogP contribution in [0, 0.1) is 0 Å². The van der Waals surface area contributed by atoms with Crippen molar-refractivity contribution < 1.29 is 14.3 Å². The summed E-state index contributed by atoms with van der Waals surface area (Å²) in [5.74, 6) is 0.700. The zero-order valence-electron chi connectivity index (χ0n) is 9.80. The van der Waals surface area contributed by atoms with Crippen LogP contribution in [0.5, 0.6) is 5.75 Å². The summed E-state index contributed by atoms with van der Waals surface area (Å²) in [6.45, 7) is 2.52. The summed E-state index contributed by atoms with van der Waals surface area (Å²) in [5.41, 5.74) is 7.19. The van der Waals surface area contributed by atoms with Crippen LogP contribution in [-0.4, -0.2) is 25.7 Å². The molecule has 0 spiro atoms. The molecule has 0 aromatic heterocycles. The Balaban J connectivity index is 0.00000144. The minimum atomic E-state index is -0.328. The molecule has 17 heavy (non-hydrogen) atoms. The first-order chi connectivity index (χ1) is 7.67. The van der Waals surface area contributed by atoms with Gasteiger partial charge in [-0.2, -0.15) is 0 Å². The molecule has 1 aliphatic heterocycles. The van der Waals surface area contributed by atoms with Gasteiger partial charge in [0, 0.05) is 18.0 Å². The number of carbonyl (C=O) groups excluding carboxylic acids is 1. The van der Waals surface area contributed by atoms with Gasteiger partial charge in [0.15, 0.2) is 0 Å². The summed E-state index contributed by atoms with van der Waals surface area (Å²) in [6, 6.07) is 5.32. The Morgan fingerprint density at radius 3 is 2.82 bits per heavy atom. The van der Waals surface area contributed by atoms with E-state index in [4.69, 9.17) is 10.5 Å². The summed E-state index contributed by atoms with van der Waals surface area (Å²) >= 11 is 0. The van der Waals surface area contributed by atoms with E-state index in [-0.39, 0.29) is 30.4 Å². The summed E-state index contributed by atoms with van der Waals surface area (Å²) < 4.78 is 10.3. The van der Waals surface area contributed by atoms with Crippen molar-refractivity contribution in [2.75, 3.05) is 13.7 Å². The Bertz CT molecular complexity index is 422. The van der Waals surface area contributed by atoms with Crippen molar-refractivity contribution in [1.82, 2.24) is 0 Å². The van der Waals surface area contributed by atoms with E-state index in [9.17, 15) is 4.79 Å². The lowest BCUT2D eigenvalue weighted by Crippen LogP contribution is -2.26. The van der Waals surface area contributed by atoms with E-state index in [0.29, 0.717) is 12.1 Å². The second-order valence-electron chi connectivity index (χ2n) is 3.92. The van der Waals surface area contributed by atoms with Crippen LogP contribution in [0.4, 0.5) is 0 Å². The first-order valence-corrected chi connectivity index (χ1v) is 5.26. The van der Waals surface area contributed by atoms with Crippen molar-refractivity contribution in [1.29, 1.82) is 0 Å². The third-order valence-corrected chi connectivity index (χ3v) is 2.99. The van der Waals surface area contributed by atoms with E-state index in [1.165, 1.54) is 7.11 Å². The smallest absolute Gasteiger partial charge is 0.337 e. The number of esters is 1. The maximum atomic E-state index is 11.4. The zero-order valence-corrected chi connectivity index (χ0v) is 10.6. The number of hydrogen-bond donors (Lipinski definition) is 1. The van der Waals surface area contributed by atoms with E-state index < -0.39 is 0 Å². The third kappa shape index (κ3) is 2.37. The average molecular weight is 258 g/mol. The molecule has 0 bridgehead atoms. The van der Waals surface area contributed by atoms with Crippen LogP contribution in [0.1, 0.15) is 28.8 Å². The second-order valence-corrected chi connectivity index (χ2v) is 3.92. The highest BCUT2D eigenvalue weighted by Crippen LogP contribution is 2.38. The molecule has 0 aliphatic carbocycles. The molecular weight excluding hydrogens is 242 g/mol. The molecule has 0 saturated carbocycles. The first-order valence-electron chi connectivity index (χ1n) is 5.26. The quantitative estimate of drug-likeness (QED) is 0.820. The largest absolute Gasteiger partial charge is 0.488 e. The van der Waals surface area contributed by atoms with E-state index >= 15 is 0 Å². The van der Waals surface area contributed by atoms with Gasteiger partial charge in [-0.3, -0.25) is 0 Å². The van der Waals surface area contributed by atoms with Gasteiger partial charge in [-0.25, -0.2) is 4.79 Å². The average Bonchev–Trinajstić information content (AvgIpc) is 2.64. The van der Waals surface area contributed by atoms with Gasteiger partial charge < -0.3 is 15.2 Å². The number of carbonyl (C=O) groups is 1. The van der Waals surface area contributed by atoms with E-state index in [1.54, 1.807) is 12.1 Å². The number of ether oxygens (including phenoxy) is 2. The fraction of sp³-hybridized carbons (Fsp3) is 0.417. The predicted octanol–water partition coefficient (Wildman–Crippen LogP) is 1.72. The summed E-state index contributed by atoms with van der Waals surface area (Å²) in [7, 11) is 1.37. The van der Waals surface area contributed by atoms with Crippen molar-refractivity contribution in [2.24, 2.45) is 5.73 Å². The van der Waals surface area contributed by atoms with Crippen LogP contribution in [0.15, 0.2) is 18.2 Å². The van der Waals surface area contributed by atoms with Crippen LogP contribution in [-0.2, 0) is 4.74 Å². The number of rotatable bonds is 2. The predicted molar refractivity (Wildman–Crippen MR) is 66.9 cm³/mol. The Hall–Kier alpha value is -1.26. The van der Waals surface area contributed by atoms with Gasteiger partial charge in [-0.1, -0.05) is 6.92 Å². The van der Waals surface area contributed by atoms with Crippen molar-refractivity contribution in [3.05, 3.63) is 29.3 Å². The van der Waals surface area contributed by atoms with Gasteiger partial charge in [-0.05, 0) is 18.2 Å². The van der Waals surface area contributed by atoms with Crippen molar-refractivity contribution >= 4 is 18.4 Å². The number of benzene rings is 1. The number of hydrogen-bond acceptors (Lipinski definition) is 4. The highest BCUT2D eigenvalue weighted by molar-refractivity contribution is 5.89. The van der Waals surface area contributed by atoms with Crippen molar-refractivity contribution in [3.63, 3.8) is 0 Å². The molecular formula is C12H16ClNO3. The highest BCUT2D eigenvalue weighted by Gasteiger charge is 2.30. The molecule has 4 nitrogen and oxygen atoms in total. The van der Waals surface area contributed by atoms with E-state index in [2.05, 4.69) is 4.74 Å². The van der Waals surface area contributed by atoms with Gasteiger partial charge in [0.2, 0.25) is 0 Å². The van der Waals surface area contributed by atoms with Gasteiger partial charge in [0.1, 0.15) is 11.9 Å². The van der Waals surface area contributed by atoms with Gasteiger partial charge >= 0.3 is 5.97 Å². The molecule has 1 aromatic rings. The Morgan fingerprint density at radius 1 is 1.53 bits per heavy atom. The number of nitrogens with two attached hydrogens (primary N) is 1. The maximum absolute atomic E-state index is 11.4. The minimum Gasteiger partial charge on any atom is -0.488 e. The molecule has 1 aromatic carbocycles. The highest BCUT2D eigenvalue weighted by atomic mass is 35.5. The number of halogens is 1. The third-order valence-electron chi connectivity index (χ3n) is 2.99. The van der Waals surface area contributed by atoms with Gasteiger partial charge in [0.25, 0.3) is 0 Å². The van der Waals surface area contributed by atoms with Crippen LogP contribution < -0.4 is 10.5 Å². The summed E-state index contributed by atoms with van der Waals surface area (Å²) in [4.78, 5) is 11.4. The van der Waals surface area contributed by atoms with Gasteiger partial charge in [0.05, 0.1) is 12.7 Å². The van der Waals surface area contributed by atoms with Crippen LogP contribution in [0.2, 0.25) is 0 Å². The van der Waals surface area contributed by atoms with Crippen LogP contribution in [0.25, 0.3) is 0 Å². The van der Waals surface area contributed by atoms with Crippen molar-refractivity contribution in [2.45, 2.75) is 18.9 Å². The molecule has 0 radical (unpaired) electrons. The fourth-order valence-electron chi connectivity index (χ4n) is 1.97. The molecule has 0 fully saturated rings. The normalized spacial score (nSPS) is 21.1. The van der Waals surface area contributed by atoms with Gasteiger partial charge in [-0.15, -0.1) is 12.4 Å². The second kappa shape index (κ2) is 5.38. The minimum absolute atomic E-state index is 0. The Morgan fingerprint density at radius 2 is 2.24 bits per heavy atom. The molecule has 0 amide bonds. The molecule has 0 saturated heterocycles. The molecule has 0 unspecified atom stereocenters. The number of fused-ring (bicyclic) bond motifs is 1. The molecule has 5 heteroatoms. The summed E-state index contributed by atoms with van der Waals surface area (Å²) in [6.07, 6.45) is 0.00268. The molecule has 2 atom stereocenters. The molecule has 2 rings (SSSR count). The van der Waals surface area contributed by atoms with E-state index in [1.807, 2.05) is 13.0 Å². The Labute approximate surface area is 106 Å². The lowest BCUT2D eigenvalue weighted by Gasteiger charge is -2.11. The monoisotopic (exact) mass is 257 g/mol. The standard InChI is InChI=1S/C12H15NO3.ClH/c1-7-9-5-8(12(14)15-2)3-4-10(9)16-11(7)6-13;/h3-5,7,11H,6,13H2,1-2H3;1H/t7-,11-;/m1./s1. The van der Waals surface area contributed by atoms with E-state index in [0.717, 1.165) is 11.3 Å². The Kier molecular flexibility index (Phi) is 4.37. The first kappa shape index (κ1) is 13.8. The zero-order chi connectivity index (χ0) is 11.7. The fourth-order valence-corrected chi connectivity index (χ4v) is 1.97. The van der Waals surface area contributed by atoms with Crippen molar-refractivity contribution in [3.8, 4) is 5.75 Å². The molecule has 94 valence electrons. The molecule has 1 heterocycles. The summed E-state index contributed by atoms with van der Waals surface area (Å²) in [5, 5.41) is 0. The molecule has 1 aliphatic rings. The lowest BCUT2D eigenvalue weighted by atomic mass is 9.96. The van der Waals surface area contributed by atoms with Crippen LogP contribution >= 0.6 is 12.4 Å². The maximum Gasteiger partial charge on any atom is 0.337 e.